The number of para-hydroxylation sites is 1. The molecular weight excluding hydrogens is 264 g/mol. The highest BCUT2D eigenvalue weighted by Gasteiger charge is 2.10. The topological polar surface area (TPSA) is 41.6 Å². The molecule has 1 N–H and O–H groups in total. The molecule has 0 aromatic heterocycles. The summed E-state index contributed by atoms with van der Waals surface area (Å²) in [5.41, 5.74) is 1.72. The number of hydrogen-bond donors (Lipinski definition) is 1. The lowest BCUT2D eigenvalue weighted by atomic mass is 10.2. The van der Waals surface area contributed by atoms with Gasteiger partial charge in [0.25, 0.3) is 0 Å². The lowest BCUT2D eigenvalue weighted by Crippen LogP contribution is -2.22. The Morgan fingerprint density at radius 2 is 1.90 bits per heavy atom. The van der Waals surface area contributed by atoms with Crippen molar-refractivity contribution in [3.63, 3.8) is 0 Å². The molecule has 110 valence electrons. The van der Waals surface area contributed by atoms with Crippen LogP contribution in [0.4, 0.5) is 11.4 Å². The molecule has 0 aliphatic rings. The minimum absolute atomic E-state index is 0.692. The van der Waals surface area contributed by atoms with Gasteiger partial charge in [-0.25, -0.2) is 0 Å². The summed E-state index contributed by atoms with van der Waals surface area (Å²) >= 11 is 0. The Labute approximate surface area is 125 Å². The lowest BCUT2D eigenvalue weighted by molar-refractivity contribution is -0.107. The van der Waals surface area contributed by atoms with E-state index in [1.54, 1.807) is 4.90 Å². The molecule has 4 heteroatoms. The van der Waals surface area contributed by atoms with Gasteiger partial charge in [-0.2, -0.15) is 0 Å². The second kappa shape index (κ2) is 7.33. The molecule has 1 amide bonds. The molecule has 0 heterocycles. The first-order valence-corrected chi connectivity index (χ1v) is 7.05. The van der Waals surface area contributed by atoms with Gasteiger partial charge in [-0.15, -0.1) is 0 Å². The number of hydrogen-bond acceptors (Lipinski definition) is 3. The van der Waals surface area contributed by atoms with E-state index >= 15 is 0 Å². The summed E-state index contributed by atoms with van der Waals surface area (Å²) in [7, 11) is 1.83. The first-order chi connectivity index (χ1) is 10.3. The molecule has 0 atom stereocenters. The highest BCUT2D eigenvalue weighted by Crippen LogP contribution is 2.31. The first kappa shape index (κ1) is 14.9. The fourth-order valence-corrected chi connectivity index (χ4v) is 2.12. The molecule has 0 unspecified atom stereocenters. The molecule has 0 spiro atoms. The van der Waals surface area contributed by atoms with Crippen molar-refractivity contribution < 1.29 is 9.53 Å². The highest BCUT2D eigenvalue weighted by atomic mass is 16.5. The van der Waals surface area contributed by atoms with Crippen LogP contribution in [-0.2, 0) is 4.79 Å². The average molecular weight is 284 g/mol. The second-order valence-corrected chi connectivity index (χ2v) is 4.64. The Morgan fingerprint density at radius 1 is 1.14 bits per heavy atom. The molecule has 2 aromatic carbocycles. The van der Waals surface area contributed by atoms with Crippen molar-refractivity contribution in [2.24, 2.45) is 0 Å². The Hall–Kier alpha value is -2.49. The largest absolute Gasteiger partial charge is 0.457 e. The van der Waals surface area contributed by atoms with Crippen LogP contribution in [-0.4, -0.2) is 20.0 Å². The van der Waals surface area contributed by atoms with Crippen LogP contribution in [0, 0.1) is 0 Å². The van der Waals surface area contributed by atoms with Crippen LogP contribution in [0.25, 0.3) is 0 Å². The van der Waals surface area contributed by atoms with Crippen LogP contribution in [0.2, 0.25) is 0 Å². The van der Waals surface area contributed by atoms with Gasteiger partial charge in [0.05, 0.1) is 11.4 Å². The minimum atomic E-state index is 0.692. The summed E-state index contributed by atoms with van der Waals surface area (Å²) < 4.78 is 5.80. The first-order valence-electron chi connectivity index (χ1n) is 7.05. The fourth-order valence-electron chi connectivity index (χ4n) is 2.12. The van der Waals surface area contributed by atoms with Crippen molar-refractivity contribution in [1.82, 2.24) is 0 Å². The number of carbonyl (C=O) groups is 1. The van der Waals surface area contributed by atoms with E-state index in [2.05, 4.69) is 5.32 Å². The minimum Gasteiger partial charge on any atom is -0.457 e. The Bertz CT molecular complexity index is 585. The zero-order valence-electron chi connectivity index (χ0n) is 12.4. The third-order valence-corrected chi connectivity index (χ3v) is 3.12. The van der Waals surface area contributed by atoms with E-state index in [9.17, 15) is 4.79 Å². The zero-order valence-corrected chi connectivity index (χ0v) is 12.4. The molecule has 0 aliphatic carbocycles. The van der Waals surface area contributed by atoms with E-state index < -0.39 is 0 Å². The van der Waals surface area contributed by atoms with Gasteiger partial charge in [0.1, 0.15) is 11.5 Å². The van der Waals surface area contributed by atoms with Crippen LogP contribution in [0.5, 0.6) is 11.5 Å². The van der Waals surface area contributed by atoms with Crippen LogP contribution in [0.15, 0.2) is 48.5 Å². The maximum atomic E-state index is 11.2. The van der Waals surface area contributed by atoms with Crippen LogP contribution in [0.3, 0.4) is 0 Å². The van der Waals surface area contributed by atoms with Crippen LogP contribution < -0.4 is 15.0 Å². The molecule has 21 heavy (non-hydrogen) atoms. The number of carbonyl (C=O) groups excluding carboxylic acids is 1. The Balaban J connectivity index is 2.25. The summed E-state index contributed by atoms with van der Waals surface area (Å²) in [5.74, 6) is 1.52. The second-order valence-electron chi connectivity index (χ2n) is 4.64. The van der Waals surface area contributed by atoms with Crippen molar-refractivity contribution in [2.45, 2.75) is 13.3 Å². The van der Waals surface area contributed by atoms with E-state index in [1.807, 2.05) is 62.5 Å². The smallest absolute Gasteiger partial charge is 0.214 e. The predicted molar refractivity (Wildman–Crippen MR) is 86.2 cm³/mol. The lowest BCUT2D eigenvalue weighted by Gasteiger charge is -2.20. The van der Waals surface area contributed by atoms with Crippen LogP contribution >= 0.6 is 0 Å². The quantitative estimate of drug-likeness (QED) is 0.784. The fraction of sp³-hybridized carbons (Fsp3) is 0.235. The number of amides is 1. The third kappa shape index (κ3) is 3.75. The number of benzene rings is 2. The van der Waals surface area contributed by atoms with Gasteiger partial charge in [0, 0.05) is 19.7 Å². The maximum absolute atomic E-state index is 11.2. The van der Waals surface area contributed by atoms with Crippen molar-refractivity contribution in [2.75, 3.05) is 23.8 Å². The number of ether oxygens (including phenoxy) is 1. The van der Waals surface area contributed by atoms with Crippen LogP contribution in [0.1, 0.15) is 13.3 Å². The van der Waals surface area contributed by atoms with E-state index in [0.29, 0.717) is 6.54 Å². The van der Waals surface area contributed by atoms with E-state index in [4.69, 9.17) is 4.74 Å². The molecule has 0 saturated heterocycles. The van der Waals surface area contributed by atoms with Crippen molar-refractivity contribution in [3.8, 4) is 11.5 Å². The average Bonchev–Trinajstić information content (AvgIpc) is 2.54. The molecule has 0 saturated carbocycles. The van der Waals surface area contributed by atoms with Gasteiger partial charge >= 0.3 is 0 Å². The third-order valence-electron chi connectivity index (χ3n) is 3.12. The number of anilines is 2. The Kier molecular flexibility index (Phi) is 5.21. The number of nitrogens with zero attached hydrogens (tertiary/aromatic N) is 1. The van der Waals surface area contributed by atoms with Crippen molar-refractivity contribution in [3.05, 3.63) is 48.5 Å². The number of nitrogens with one attached hydrogen (secondary N) is 1. The van der Waals surface area contributed by atoms with Gasteiger partial charge in [-0.3, -0.25) is 4.79 Å². The highest BCUT2D eigenvalue weighted by molar-refractivity contribution is 5.84. The van der Waals surface area contributed by atoms with Gasteiger partial charge < -0.3 is 15.0 Å². The zero-order chi connectivity index (χ0) is 15.1. The van der Waals surface area contributed by atoms with Gasteiger partial charge in [0.15, 0.2) is 0 Å². The molecule has 0 bridgehead atoms. The SMILES string of the molecule is CCCN(C=O)c1ccc(Oc2ccccc2)cc1NC. The van der Waals surface area contributed by atoms with E-state index in [1.165, 1.54) is 0 Å². The monoisotopic (exact) mass is 284 g/mol. The van der Waals surface area contributed by atoms with E-state index in [0.717, 1.165) is 35.7 Å². The Morgan fingerprint density at radius 3 is 2.52 bits per heavy atom. The van der Waals surface area contributed by atoms with Gasteiger partial charge in [-0.1, -0.05) is 25.1 Å². The van der Waals surface area contributed by atoms with Crippen molar-refractivity contribution in [1.29, 1.82) is 0 Å². The summed E-state index contributed by atoms with van der Waals surface area (Å²) in [4.78, 5) is 12.9. The normalized spacial score (nSPS) is 10.0. The molecular formula is C17H20N2O2. The summed E-state index contributed by atoms with van der Waals surface area (Å²) in [6.07, 6.45) is 1.77. The summed E-state index contributed by atoms with van der Waals surface area (Å²) in [6, 6.07) is 15.3. The molecule has 0 fully saturated rings. The van der Waals surface area contributed by atoms with Crippen molar-refractivity contribution >= 4 is 17.8 Å². The molecule has 2 rings (SSSR count). The number of rotatable bonds is 7. The van der Waals surface area contributed by atoms with E-state index in [-0.39, 0.29) is 0 Å². The summed E-state index contributed by atoms with van der Waals surface area (Å²) in [6.45, 7) is 2.74. The maximum Gasteiger partial charge on any atom is 0.214 e. The predicted octanol–water partition coefficient (Wildman–Crippen LogP) is 3.89. The molecule has 0 radical (unpaired) electrons. The summed E-state index contributed by atoms with van der Waals surface area (Å²) in [5, 5.41) is 3.11. The van der Waals surface area contributed by atoms with Gasteiger partial charge in [-0.05, 0) is 30.7 Å². The molecule has 4 nitrogen and oxygen atoms in total. The standard InChI is InChI=1S/C17H20N2O2/c1-3-11-19(13-20)17-10-9-15(12-16(17)18-2)21-14-7-5-4-6-8-14/h4-10,12-13,18H,3,11H2,1-2H3. The van der Waals surface area contributed by atoms with Gasteiger partial charge in [0.2, 0.25) is 6.41 Å². The molecule has 0 aliphatic heterocycles. The molecule has 2 aromatic rings.